The molecule has 0 spiro atoms. The van der Waals surface area contributed by atoms with Gasteiger partial charge in [0.05, 0.1) is 18.5 Å². The molecule has 0 aliphatic rings. The maximum atomic E-state index is 12.0. The fraction of sp³-hybridized carbons (Fsp3) is 0.333. The first-order valence-corrected chi connectivity index (χ1v) is 8.36. The van der Waals surface area contributed by atoms with Gasteiger partial charge >= 0.3 is 0 Å². The van der Waals surface area contributed by atoms with Crippen molar-refractivity contribution in [2.45, 2.75) is 20.0 Å². The van der Waals surface area contributed by atoms with Crippen LogP contribution in [0.25, 0.3) is 0 Å². The van der Waals surface area contributed by atoms with Gasteiger partial charge in [-0.15, -0.1) is 0 Å². The van der Waals surface area contributed by atoms with Crippen LogP contribution in [0.1, 0.15) is 12.7 Å². The number of hydrogen-bond donors (Lipinski definition) is 1. The number of nitrogens with zero attached hydrogens (tertiary/aromatic N) is 3. The summed E-state index contributed by atoms with van der Waals surface area (Å²) < 4.78 is 27.6. The summed E-state index contributed by atoms with van der Waals surface area (Å²) in [7, 11) is -3.40. The Morgan fingerprint density at radius 1 is 1.35 bits per heavy atom. The molecule has 6 nitrogen and oxygen atoms in total. The van der Waals surface area contributed by atoms with E-state index in [4.69, 9.17) is 12.2 Å². The highest BCUT2D eigenvalue weighted by Gasteiger charge is 2.20. The number of aromatic nitrogens is 3. The quantitative estimate of drug-likeness (QED) is 0.856. The summed E-state index contributed by atoms with van der Waals surface area (Å²) in [5.74, 6) is 0.590. The number of nitrogens with one attached hydrogen (secondary N) is 1. The predicted octanol–water partition coefficient (Wildman–Crippen LogP) is 1.93. The number of aromatic amines is 1. The molecule has 0 atom stereocenters. The van der Waals surface area contributed by atoms with Crippen LogP contribution >= 0.6 is 12.2 Å². The first-order chi connectivity index (χ1) is 9.43. The average molecular weight is 312 g/mol. The zero-order chi connectivity index (χ0) is 14.8. The zero-order valence-corrected chi connectivity index (χ0v) is 12.9. The van der Waals surface area contributed by atoms with Gasteiger partial charge in [0.25, 0.3) is 0 Å². The van der Waals surface area contributed by atoms with Gasteiger partial charge in [-0.2, -0.15) is 5.10 Å². The van der Waals surface area contributed by atoms with Gasteiger partial charge in [0, 0.05) is 6.54 Å². The Kier molecular flexibility index (Phi) is 4.24. The maximum Gasteiger partial charge on any atom is 0.232 e. The van der Waals surface area contributed by atoms with Crippen LogP contribution in [-0.4, -0.2) is 29.4 Å². The van der Waals surface area contributed by atoms with Gasteiger partial charge < -0.3 is 4.57 Å². The van der Waals surface area contributed by atoms with Gasteiger partial charge in [-0.3, -0.25) is 9.40 Å². The molecule has 8 heteroatoms. The minimum Gasteiger partial charge on any atom is -0.303 e. The van der Waals surface area contributed by atoms with Gasteiger partial charge in [-0.1, -0.05) is 18.2 Å². The highest BCUT2D eigenvalue weighted by Crippen LogP contribution is 2.19. The fourth-order valence-electron chi connectivity index (χ4n) is 1.92. The van der Waals surface area contributed by atoms with E-state index >= 15 is 0 Å². The second kappa shape index (κ2) is 5.76. The lowest BCUT2D eigenvalue weighted by Gasteiger charge is -2.21. The van der Waals surface area contributed by atoms with Crippen molar-refractivity contribution in [3.63, 3.8) is 0 Å². The fourth-order valence-corrected chi connectivity index (χ4v) is 3.05. The summed E-state index contributed by atoms with van der Waals surface area (Å²) in [6.07, 6.45) is 1.18. The molecular weight excluding hydrogens is 296 g/mol. The lowest BCUT2D eigenvalue weighted by atomic mass is 10.3. The first kappa shape index (κ1) is 14.7. The third kappa shape index (κ3) is 3.07. The van der Waals surface area contributed by atoms with Crippen molar-refractivity contribution >= 4 is 27.9 Å². The van der Waals surface area contributed by atoms with E-state index < -0.39 is 10.0 Å². The zero-order valence-electron chi connectivity index (χ0n) is 11.3. The van der Waals surface area contributed by atoms with Crippen LogP contribution in [0.5, 0.6) is 0 Å². The second-order valence-electron chi connectivity index (χ2n) is 4.29. The van der Waals surface area contributed by atoms with Crippen LogP contribution in [0, 0.1) is 4.77 Å². The van der Waals surface area contributed by atoms with E-state index in [9.17, 15) is 8.42 Å². The van der Waals surface area contributed by atoms with Crippen LogP contribution < -0.4 is 4.31 Å². The molecule has 2 rings (SSSR count). The summed E-state index contributed by atoms with van der Waals surface area (Å²) in [4.78, 5) is 0. The minimum atomic E-state index is -3.40. The van der Waals surface area contributed by atoms with E-state index in [1.807, 2.05) is 13.0 Å². The molecule has 1 N–H and O–H groups in total. The molecule has 0 aliphatic carbocycles. The molecule has 0 aliphatic heterocycles. The van der Waals surface area contributed by atoms with Crippen LogP contribution in [-0.2, 0) is 23.1 Å². The molecule has 20 heavy (non-hydrogen) atoms. The number of para-hydroxylation sites is 1. The lowest BCUT2D eigenvalue weighted by Crippen LogP contribution is -2.30. The smallest absolute Gasteiger partial charge is 0.232 e. The molecule has 0 saturated carbocycles. The number of benzene rings is 1. The van der Waals surface area contributed by atoms with Crippen molar-refractivity contribution in [3.8, 4) is 0 Å². The summed E-state index contributed by atoms with van der Waals surface area (Å²) >= 11 is 5.11. The van der Waals surface area contributed by atoms with E-state index in [0.29, 0.717) is 22.8 Å². The lowest BCUT2D eigenvalue weighted by molar-refractivity contribution is 0.592. The van der Waals surface area contributed by atoms with E-state index in [-0.39, 0.29) is 6.54 Å². The van der Waals surface area contributed by atoms with Gasteiger partial charge in [-0.05, 0) is 31.3 Å². The van der Waals surface area contributed by atoms with E-state index in [1.54, 1.807) is 28.8 Å². The Morgan fingerprint density at radius 3 is 2.55 bits per heavy atom. The van der Waals surface area contributed by atoms with Crippen molar-refractivity contribution in [2.24, 2.45) is 0 Å². The number of rotatable bonds is 5. The largest absolute Gasteiger partial charge is 0.303 e. The molecule has 1 aromatic carbocycles. The number of hydrogen-bond acceptors (Lipinski definition) is 4. The predicted molar refractivity (Wildman–Crippen MR) is 80.6 cm³/mol. The van der Waals surface area contributed by atoms with Crippen molar-refractivity contribution in [1.82, 2.24) is 14.8 Å². The van der Waals surface area contributed by atoms with E-state index in [0.717, 1.165) is 0 Å². The van der Waals surface area contributed by atoms with Crippen molar-refractivity contribution in [3.05, 3.63) is 40.9 Å². The van der Waals surface area contributed by atoms with E-state index in [1.165, 1.54) is 10.6 Å². The van der Waals surface area contributed by atoms with Gasteiger partial charge in [0.2, 0.25) is 10.0 Å². The molecule has 1 heterocycles. The topological polar surface area (TPSA) is 71.0 Å². The summed E-state index contributed by atoms with van der Waals surface area (Å²) in [6, 6.07) is 8.93. The molecular formula is C12H16N4O2S2. The third-order valence-electron chi connectivity index (χ3n) is 2.88. The summed E-state index contributed by atoms with van der Waals surface area (Å²) in [6.45, 7) is 2.71. The third-order valence-corrected chi connectivity index (χ3v) is 4.34. The number of sulfonamides is 1. The highest BCUT2D eigenvalue weighted by atomic mass is 32.2. The molecule has 0 fully saturated rings. The van der Waals surface area contributed by atoms with Crippen LogP contribution in [0.2, 0.25) is 0 Å². The van der Waals surface area contributed by atoms with Crippen molar-refractivity contribution < 1.29 is 8.42 Å². The Hall–Kier alpha value is -1.67. The molecule has 0 unspecified atom stereocenters. The Bertz CT molecular complexity index is 734. The standard InChI is InChI=1S/C12H16N4O2S2/c1-3-15-11(13-14-12(15)19)9-16(20(2,17)18)10-7-5-4-6-8-10/h4-8H,3,9H2,1-2H3,(H,14,19). The van der Waals surface area contributed by atoms with Gasteiger partial charge in [-0.25, -0.2) is 8.42 Å². The minimum absolute atomic E-state index is 0.143. The van der Waals surface area contributed by atoms with Crippen molar-refractivity contribution in [2.75, 3.05) is 10.6 Å². The summed E-state index contributed by atoms with van der Waals surface area (Å²) in [5.41, 5.74) is 0.603. The maximum absolute atomic E-state index is 12.0. The molecule has 0 saturated heterocycles. The Morgan fingerprint density at radius 2 is 2.00 bits per heavy atom. The SMILES string of the molecule is CCn1c(CN(c2ccccc2)S(C)(=O)=O)n[nH]c1=S. The van der Waals surface area contributed by atoms with Crippen LogP contribution in [0.3, 0.4) is 0 Å². The highest BCUT2D eigenvalue weighted by molar-refractivity contribution is 7.92. The van der Waals surface area contributed by atoms with Crippen LogP contribution in [0.4, 0.5) is 5.69 Å². The molecule has 0 radical (unpaired) electrons. The average Bonchev–Trinajstić information content (AvgIpc) is 2.76. The second-order valence-corrected chi connectivity index (χ2v) is 6.59. The number of H-pyrrole nitrogens is 1. The molecule has 108 valence electrons. The molecule has 1 aromatic heterocycles. The monoisotopic (exact) mass is 312 g/mol. The molecule has 2 aromatic rings. The summed E-state index contributed by atoms with van der Waals surface area (Å²) in [5, 5.41) is 6.80. The van der Waals surface area contributed by atoms with E-state index in [2.05, 4.69) is 10.2 Å². The normalized spacial score (nSPS) is 11.5. The Balaban J connectivity index is 2.42. The Labute approximate surface area is 123 Å². The van der Waals surface area contributed by atoms with Crippen molar-refractivity contribution in [1.29, 1.82) is 0 Å². The number of anilines is 1. The van der Waals surface area contributed by atoms with Crippen LogP contribution in [0.15, 0.2) is 30.3 Å². The molecule has 0 bridgehead atoms. The van der Waals surface area contributed by atoms with Gasteiger partial charge in [0.1, 0.15) is 0 Å². The first-order valence-electron chi connectivity index (χ1n) is 6.10. The molecule has 0 amide bonds. The van der Waals surface area contributed by atoms with Gasteiger partial charge in [0.15, 0.2) is 10.6 Å².